The largest absolute Gasteiger partial charge is 0.453 e. The highest BCUT2D eigenvalue weighted by atomic mass is 16.3. The molecule has 4 heteroatoms. The van der Waals surface area contributed by atoms with Crippen LogP contribution in [0.3, 0.4) is 0 Å². The van der Waals surface area contributed by atoms with Crippen LogP contribution in [0.25, 0.3) is 33.2 Å². The molecule has 0 fully saturated rings. The molecule has 0 saturated carbocycles. The molecule has 3 aromatic carbocycles. The maximum absolute atomic E-state index is 9.44. The molecule has 0 bridgehead atoms. The summed E-state index contributed by atoms with van der Waals surface area (Å²) in [5, 5.41) is 13.9. The van der Waals surface area contributed by atoms with Crippen molar-refractivity contribution in [3.63, 3.8) is 0 Å². The fourth-order valence-electron chi connectivity index (χ4n) is 4.12. The molecule has 0 amide bonds. The van der Waals surface area contributed by atoms with Crippen molar-refractivity contribution in [1.29, 1.82) is 5.26 Å². The summed E-state index contributed by atoms with van der Waals surface area (Å²) in [6.07, 6.45) is 1.84. The van der Waals surface area contributed by atoms with E-state index in [-0.39, 0.29) is 6.04 Å². The van der Waals surface area contributed by atoms with Crippen LogP contribution in [0.1, 0.15) is 29.7 Å². The first kappa shape index (κ1) is 18.9. The molecule has 0 spiro atoms. The minimum Gasteiger partial charge on any atom is -0.453 e. The summed E-state index contributed by atoms with van der Waals surface area (Å²) in [6, 6.07) is 26.2. The van der Waals surface area contributed by atoms with E-state index in [0.717, 1.165) is 50.0 Å². The number of para-hydroxylation sites is 1. The van der Waals surface area contributed by atoms with Gasteiger partial charge in [-0.15, -0.1) is 0 Å². The molecule has 150 valence electrons. The number of nitrogens with one attached hydrogen (secondary N) is 1. The summed E-state index contributed by atoms with van der Waals surface area (Å²) in [4.78, 5) is 4.65. The number of pyridine rings is 1. The van der Waals surface area contributed by atoms with Crippen LogP contribution in [0.2, 0.25) is 0 Å². The van der Waals surface area contributed by atoms with Gasteiger partial charge in [0.2, 0.25) is 0 Å². The van der Waals surface area contributed by atoms with Crippen LogP contribution >= 0.6 is 0 Å². The molecule has 31 heavy (non-hydrogen) atoms. The van der Waals surface area contributed by atoms with Crippen LogP contribution < -0.4 is 5.32 Å². The van der Waals surface area contributed by atoms with Crippen molar-refractivity contribution in [2.45, 2.75) is 19.9 Å². The topological polar surface area (TPSA) is 61.9 Å². The summed E-state index contributed by atoms with van der Waals surface area (Å²) in [7, 11) is 0. The molecule has 4 nitrogen and oxygen atoms in total. The van der Waals surface area contributed by atoms with Gasteiger partial charge in [-0.2, -0.15) is 5.26 Å². The van der Waals surface area contributed by atoms with Gasteiger partial charge in [-0.05, 0) is 49.2 Å². The van der Waals surface area contributed by atoms with E-state index in [1.807, 2.05) is 54.7 Å². The molecular weight excluding hydrogens is 382 g/mol. The summed E-state index contributed by atoms with van der Waals surface area (Å²) in [5.41, 5.74) is 8.22. The molecule has 2 heterocycles. The van der Waals surface area contributed by atoms with E-state index >= 15 is 0 Å². The second kappa shape index (κ2) is 7.62. The summed E-state index contributed by atoms with van der Waals surface area (Å²) in [5.74, 6) is 0. The SMILES string of the molecule is Cc1cc([C@@H](C)Nc2ccccc2C#N)c2oc3c(-c4ccccc4)ccnc3c2c1. The molecule has 0 unspecified atom stereocenters. The number of hydrogen-bond donors (Lipinski definition) is 1. The van der Waals surface area contributed by atoms with Crippen molar-refractivity contribution in [1.82, 2.24) is 4.98 Å². The lowest BCUT2D eigenvalue weighted by Gasteiger charge is -2.17. The fourth-order valence-corrected chi connectivity index (χ4v) is 4.12. The Kier molecular flexibility index (Phi) is 4.65. The van der Waals surface area contributed by atoms with E-state index in [1.165, 1.54) is 0 Å². The molecule has 1 atom stereocenters. The molecule has 0 aliphatic heterocycles. The van der Waals surface area contributed by atoms with Gasteiger partial charge in [0.05, 0.1) is 17.3 Å². The molecular formula is C27H21N3O. The molecule has 1 N–H and O–H groups in total. The number of aryl methyl sites for hydroxylation is 1. The first-order valence-corrected chi connectivity index (χ1v) is 10.3. The Hall–Kier alpha value is -4.10. The Morgan fingerprint density at radius 1 is 0.968 bits per heavy atom. The molecule has 0 aliphatic rings. The predicted molar refractivity (Wildman–Crippen MR) is 125 cm³/mol. The molecule has 0 radical (unpaired) electrons. The highest BCUT2D eigenvalue weighted by molar-refractivity contribution is 6.08. The number of nitrogens with zero attached hydrogens (tertiary/aromatic N) is 2. The monoisotopic (exact) mass is 403 g/mol. The Balaban J connectivity index is 1.68. The van der Waals surface area contributed by atoms with Gasteiger partial charge in [-0.3, -0.25) is 4.98 Å². The highest BCUT2D eigenvalue weighted by Crippen LogP contribution is 2.38. The average molecular weight is 403 g/mol. The van der Waals surface area contributed by atoms with Gasteiger partial charge in [-0.25, -0.2) is 0 Å². The zero-order valence-corrected chi connectivity index (χ0v) is 17.4. The van der Waals surface area contributed by atoms with Crippen LogP contribution in [-0.2, 0) is 0 Å². The van der Waals surface area contributed by atoms with Crippen molar-refractivity contribution in [3.05, 3.63) is 95.7 Å². The first-order chi connectivity index (χ1) is 15.2. The highest BCUT2D eigenvalue weighted by Gasteiger charge is 2.19. The summed E-state index contributed by atoms with van der Waals surface area (Å²) in [6.45, 7) is 4.17. The third kappa shape index (κ3) is 3.31. The van der Waals surface area contributed by atoms with Gasteiger partial charge < -0.3 is 9.73 Å². The number of hydrogen-bond acceptors (Lipinski definition) is 4. The average Bonchev–Trinajstić information content (AvgIpc) is 3.18. The van der Waals surface area contributed by atoms with E-state index in [2.05, 4.69) is 54.5 Å². The zero-order valence-electron chi connectivity index (χ0n) is 17.4. The van der Waals surface area contributed by atoms with Crippen LogP contribution in [0, 0.1) is 18.3 Å². The van der Waals surface area contributed by atoms with Crippen molar-refractivity contribution in [2.75, 3.05) is 5.32 Å². The summed E-state index contributed by atoms with van der Waals surface area (Å²) < 4.78 is 6.47. The lowest BCUT2D eigenvalue weighted by Crippen LogP contribution is -2.08. The molecule has 5 rings (SSSR count). The number of nitriles is 1. The van der Waals surface area contributed by atoms with E-state index < -0.39 is 0 Å². The Morgan fingerprint density at radius 3 is 2.55 bits per heavy atom. The zero-order chi connectivity index (χ0) is 21.4. The van der Waals surface area contributed by atoms with E-state index in [9.17, 15) is 5.26 Å². The number of anilines is 1. The van der Waals surface area contributed by atoms with Crippen LogP contribution in [0.5, 0.6) is 0 Å². The minimum atomic E-state index is -0.0577. The maximum atomic E-state index is 9.44. The first-order valence-electron chi connectivity index (χ1n) is 10.3. The van der Waals surface area contributed by atoms with E-state index in [0.29, 0.717) is 5.56 Å². The molecule has 2 aromatic heterocycles. The van der Waals surface area contributed by atoms with Crippen LogP contribution in [0.4, 0.5) is 5.69 Å². The van der Waals surface area contributed by atoms with E-state index in [4.69, 9.17) is 4.42 Å². The van der Waals surface area contributed by atoms with Gasteiger partial charge >= 0.3 is 0 Å². The predicted octanol–water partition coefficient (Wildman–Crippen LogP) is 7.00. The van der Waals surface area contributed by atoms with Gasteiger partial charge in [0, 0.05) is 22.7 Å². The third-order valence-corrected chi connectivity index (χ3v) is 5.60. The normalized spacial score (nSPS) is 12.0. The smallest absolute Gasteiger partial charge is 0.161 e. The minimum absolute atomic E-state index is 0.0577. The number of furan rings is 1. The molecule has 5 aromatic rings. The Bertz CT molecular complexity index is 1440. The second-order valence-electron chi connectivity index (χ2n) is 7.76. The van der Waals surface area contributed by atoms with Crippen molar-refractivity contribution >= 4 is 27.8 Å². The fraction of sp³-hybridized carbons (Fsp3) is 0.111. The van der Waals surface area contributed by atoms with Gasteiger partial charge in [0.1, 0.15) is 17.2 Å². The van der Waals surface area contributed by atoms with Gasteiger partial charge in [0.15, 0.2) is 5.58 Å². The lowest BCUT2D eigenvalue weighted by molar-refractivity contribution is 0.658. The lowest BCUT2D eigenvalue weighted by atomic mass is 10.0. The molecule has 0 saturated heterocycles. The number of rotatable bonds is 4. The van der Waals surface area contributed by atoms with Crippen molar-refractivity contribution in [3.8, 4) is 17.2 Å². The van der Waals surface area contributed by atoms with Crippen LogP contribution in [-0.4, -0.2) is 4.98 Å². The molecule has 0 aliphatic carbocycles. The van der Waals surface area contributed by atoms with E-state index in [1.54, 1.807) is 0 Å². The van der Waals surface area contributed by atoms with Crippen LogP contribution in [0.15, 0.2) is 83.4 Å². The second-order valence-corrected chi connectivity index (χ2v) is 7.76. The van der Waals surface area contributed by atoms with Gasteiger partial charge in [-0.1, -0.05) is 48.5 Å². The number of fused-ring (bicyclic) bond motifs is 3. The van der Waals surface area contributed by atoms with Gasteiger partial charge in [0.25, 0.3) is 0 Å². The third-order valence-electron chi connectivity index (χ3n) is 5.60. The Labute approximate surface area is 180 Å². The quantitative estimate of drug-likeness (QED) is 0.351. The Morgan fingerprint density at radius 2 is 1.74 bits per heavy atom. The standard InChI is InChI=1S/C27H21N3O/c1-17-14-22(18(2)30-24-11-7-6-10-20(24)16-28)26-23(15-17)25-27(31-26)21(12-13-29-25)19-8-4-3-5-9-19/h3-15,18,30H,1-2H3/t18-/m1/s1. The van der Waals surface area contributed by atoms with Crippen molar-refractivity contribution in [2.24, 2.45) is 0 Å². The summed E-state index contributed by atoms with van der Waals surface area (Å²) >= 11 is 0. The maximum Gasteiger partial charge on any atom is 0.161 e. The number of benzene rings is 3. The van der Waals surface area contributed by atoms with Crippen molar-refractivity contribution < 1.29 is 4.42 Å². The number of aromatic nitrogens is 1.